The number of aromatic nitrogens is 2. The van der Waals surface area contributed by atoms with Gasteiger partial charge in [0, 0.05) is 44.6 Å². The summed E-state index contributed by atoms with van der Waals surface area (Å²) in [7, 11) is 0. The van der Waals surface area contributed by atoms with E-state index in [0.29, 0.717) is 17.4 Å². The fraction of sp³-hybridized carbons (Fsp3) is 0.538. The maximum absolute atomic E-state index is 12.3. The zero-order chi connectivity index (χ0) is 14.5. The van der Waals surface area contributed by atoms with Crippen LogP contribution in [0.15, 0.2) is 12.4 Å². The molecule has 1 aromatic heterocycles. The largest absolute Gasteiger partial charge is 0.483 e. The van der Waals surface area contributed by atoms with Crippen molar-refractivity contribution in [3.8, 4) is 0 Å². The van der Waals surface area contributed by atoms with E-state index in [-0.39, 0.29) is 12.4 Å². The third-order valence-corrected chi connectivity index (χ3v) is 3.63. The summed E-state index contributed by atoms with van der Waals surface area (Å²) in [4.78, 5) is 33.3. The summed E-state index contributed by atoms with van der Waals surface area (Å²) in [5.41, 5.74) is 0.607. The minimum Gasteiger partial charge on any atom is -0.483 e. The van der Waals surface area contributed by atoms with E-state index < -0.39 is 0 Å². The van der Waals surface area contributed by atoms with Crippen LogP contribution in [0.4, 0.5) is 0 Å². The van der Waals surface area contributed by atoms with Gasteiger partial charge >= 0.3 is 0 Å². The molecule has 3 rings (SSSR count). The van der Waals surface area contributed by atoms with E-state index in [2.05, 4.69) is 14.9 Å². The molecule has 0 aromatic carbocycles. The highest BCUT2D eigenvalue weighted by molar-refractivity contribution is 5.94. The molecule has 1 amide bonds. The quantitative estimate of drug-likeness (QED) is 0.729. The number of carboxylic acid groups (broad SMARTS) is 1. The van der Waals surface area contributed by atoms with Gasteiger partial charge in [0.05, 0.1) is 5.56 Å². The number of hydrogen-bond donors (Lipinski definition) is 1. The molecule has 2 atom stereocenters. The smallest absolute Gasteiger partial charge is 0.290 e. The first-order valence-corrected chi connectivity index (χ1v) is 6.55. The summed E-state index contributed by atoms with van der Waals surface area (Å²) >= 11 is 0. The lowest BCUT2D eigenvalue weighted by Gasteiger charge is -2.34. The van der Waals surface area contributed by atoms with Gasteiger partial charge in [0.25, 0.3) is 12.4 Å². The van der Waals surface area contributed by atoms with E-state index in [1.165, 1.54) is 0 Å². The van der Waals surface area contributed by atoms with Crippen LogP contribution >= 0.6 is 0 Å². The lowest BCUT2D eigenvalue weighted by molar-refractivity contribution is -0.122. The predicted octanol–water partition coefficient (Wildman–Crippen LogP) is 0.0159. The molecule has 2 aliphatic heterocycles. The van der Waals surface area contributed by atoms with Gasteiger partial charge in [0.2, 0.25) is 0 Å². The first-order valence-electron chi connectivity index (χ1n) is 6.55. The summed E-state index contributed by atoms with van der Waals surface area (Å²) < 4.78 is 0. The second-order valence-corrected chi connectivity index (χ2v) is 4.87. The molecular formula is C13H18N4O3. The van der Waals surface area contributed by atoms with Crippen LogP contribution in [0.25, 0.3) is 0 Å². The van der Waals surface area contributed by atoms with E-state index in [1.54, 1.807) is 12.4 Å². The Kier molecular flexibility index (Phi) is 4.62. The minimum absolute atomic E-state index is 0.0801. The maximum Gasteiger partial charge on any atom is 0.290 e. The third kappa shape index (κ3) is 3.11. The van der Waals surface area contributed by atoms with Crippen LogP contribution < -0.4 is 0 Å². The van der Waals surface area contributed by atoms with Gasteiger partial charge < -0.3 is 10.0 Å². The Morgan fingerprint density at radius 3 is 2.65 bits per heavy atom. The van der Waals surface area contributed by atoms with Gasteiger partial charge in [0.15, 0.2) is 0 Å². The van der Waals surface area contributed by atoms with E-state index in [0.717, 1.165) is 32.6 Å². The topological polar surface area (TPSA) is 86.6 Å². The van der Waals surface area contributed by atoms with E-state index in [1.807, 2.05) is 11.8 Å². The molecule has 0 saturated carbocycles. The summed E-state index contributed by atoms with van der Waals surface area (Å²) in [6, 6.07) is 0.387. The lowest BCUT2D eigenvalue weighted by Crippen LogP contribution is -2.49. The second-order valence-electron chi connectivity index (χ2n) is 4.87. The molecule has 7 nitrogen and oxygen atoms in total. The Morgan fingerprint density at radius 1 is 1.35 bits per heavy atom. The number of nitrogens with zero attached hydrogens (tertiary/aromatic N) is 4. The van der Waals surface area contributed by atoms with Gasteiger partial charge in [-0.15, -0.1) is 0 Å². The van der Waals surface area contributed by atoms with Gasteiger partial charge in [-0.2, -0.15) is 0 Å². The monoisotopic (exact) mass is 278 g/mol. The molecular weight excluding hydrogens is 260 g/mol. The Bertz CT molecular complexity index is 477. The number of rotatable bonds is 1. The van der Waals surface area contributed by atoms with Gasteiger partial charge in [0.1, 0.15) is 5.82 Å². The molecule has 2 aliphatic rings. The molecule has 108 valence electrons. The zero-order valence-corrected chi connectivity index (χ0v) is 11.4. The SMILES string of the molecule is Cc1ncc(C(=O)N2CCN3CCC2C3)cn1.O=CO. The summed E-state index contributed by atoms with van der Waals surface area (Å²) in [5, 5.41) is 6.89. The molecule has 2 fully saturated rings. The molecule has 2 bridgehead atoms. The first-order chi connectivity index (χ1) is 9.65. The van der Waals surface area contributed by atoms with Gasteiger partial charge in [-0.1, -0.05) is 0 Å². The second kappa shape index (κ2) is 6.42. The average molecular weight is 278 g/mol. The van der Waals surface area contributed by atoms with Crippen LogP contribution in [0.1, 0.15) is 22.6 Å². The first kappa shape index (κ1) is 14.4. The highest BCUT2D eigenvalue weighted by Crippen LogP contribution is 2.22. The van der Waals surface area contributed by atoms with Crippen molar-refractivity contribution in [1.82, 2.24) is 19.8 Å². The number of piperazine rings is 1. The predicted molar refractivity (Wildman–Crippen MR) is 71.3 cm³/mol. The molecule has 7 heteroatoms. The molecule has 1 aromatic rings. The van der Waals surface area contributed by atoms with Crippen molar-refractivity contribution in [2.45, 2.75) is 19.4 Å². The molecule has 0 spiro atoms. The molecule has 0 radical (unpaired) electrons. The Balaban J connectivity index is 0.000000452. The van der Waals surface area contributed by atoms with Crippen LogP contribution in [0, 0.1) is 6.92 Å². The Labute approximate surface area is 117 Å². The van der Waals surface area contributed by atoms with Crippen molar-refractivity contribution >= 4 is 12.4 Å². The third-order valence-electron chi connectivity index (χ3n) is 3.63. The zero-order valence-electron chi connectivity index (χ0n) is 11.4. The van der Waals surface area contributed by atoms with Crippen molar-refractivity contribution in [3.63, 3.8) is 0 Å². The molecule has 2 unspecified atom stereocenters. The minimum atomic E-state index is -0.250. The lowest BCUT2D eigenvalue weighted by atomic mass is 10.1. The molecule has 20 heavy (non-hydrogen) atoms. The average Bonchev–Trinajstić information content (AvgIpc) is 2.82. The summed E-state index contributed by atoms with van der Waals surface area (Å²) in [6.45, 7) is 5.55. The number of amides is 1. The number of carbonyl (C=O) groups excluding carboxylic acids is 1. The van der Waals surface area contributed by atoms with Crippen molar-refractivity contribution < 1.29 is 14.7 Å². The van der Waals surface area contributed by atoms with Crippen molar-refractivity contribution in [2.75, 3.05) is 26.2 Å². The van der Waals surface area contributed by atoms with Crippen molar-refractivity contribution in [2.24, 2.45) is 0 Å². The van der Waals surface area contributed by atoms with Crippen molar-refractivity contribution in [3.05, 3.63) is 23.8 Å². The Hall–Kier alpha value is -2.02. The number of fused-ring (bicyclic) bond motifs is 2. The highest BCUT2D eigenvalue weighted by atomic mass is 16.3. The van der Waals surface area contributed by atoms with Crippen LogP contribution in [-0.4, -0.2) is 69.5 Å². The number of aryl methyl sites for hydroxylation is 1. The van der Waals surface area contributed by atoms with E-state index in [9.17, 15) is 4.79 Å². The molecule has 2 saturated heterocycles. The van der Waals surface area contributed by atoms with Gasteiger partial charge in [-0.25, -0.2) is 9.97 Å². The van der Waals surface area contributed by atoms with E-state index >= 15 is 0 Å². The number of carbonyl (C=O) groups is 2. The van der Waals surface area contributed by atoms with Gasteiger partial charge in [-0.3, -0.25) is 14.5 Å². The standard InChI is InChI=1S/C12H16N4O.CH2O2/c1-9-13-6-10(7-14-9)12(17)16-5-4-15-3-2-11(16)8-15;2-1-3/h6-7,11H,2-5,8H2,1H3;1H,(H,2,3). The van der Waals surface area contributed by atoms with Crippen LogP contribution in [0.5, 0.6) is 0 Å². The van der Waals surface area contributed by atoms with Crippen LogP contribution in [0.2, 0.25) is 0 Å². The molecule has 3 heterocycles. The van der Waals surface area contributed by atoms with Crippen LogP contribution in [0.3, 0.4) is 0 Å². The fourth-order valence-corrected chi connectivity index (χ4v) is 2.64. The highest BCUT2D eigenvalue weighted by Gasteiger charge is 2.35. The molecule has 1 N–H and O–H groups in total. The molecule has 0 aliphatic carbocycles. The van der Waals surface area contributed by atoms with Crippen LogP contribution in [-0.2, 0) is 4.79 Å². The summed E-state index contributed by atoms with van der Waals surface area (Å²) in [6.07, 6.45) is 4.36. The maximum atomic E-state index is 12.3. The number of hydrogen-bond acceptors (Lipinski definition) is 5. The fourth-order valence-electron chi connectivity index (χ4n) is 2.64. The van der Waals surface area contributed by atoms with E-state index in [4.69, 9.17) is 9.90 Å². The van der Waals surface area contributed by atoms with Crippen molar-refractivity contribution in [1.29, 1.82) is 0 Å². The van der Waals surface area contributed by atoms with Gasteiger partial charge in [-0.05, 0) is 13.3 Å². The normalized spacial score (nSPS) is 23.8. The Morgan fingerprint density at radius 2 is 2.00 bits per heavy atom. The summed E-state index contributed by atoms with van der Waals surface area (Å²) in [5.74, 6) is 0.781.